The number of benzene rings is 1. The molecule has 2 aromatic rings. The monoisotopic (exact) mass is 345 g/mol. The van der Waals surface area contributed by atoms with Crippen molar-refractivity contribution in [2.45, 2.75) is 18.9 Å². The summed E-state index contributed by atoms with van der Waals surface area (Å²) in [6, 6.07) is 9.61. The lowest BCUT2D eigenvalue weighted by molar-refractivity contribution is -0.134. The number of carbonyl (C=O) groups excluding carboxylic acids is 1. The molecule has 0 unspecified atom stereocenters. The first-order valence-corrected chi connectivity index (χ1v) is 8.35. The third kappa shape index (κ3) is 4.11. The average molecular weight is 345 g/mol. The summed E-state index contributed by atoms with van der Waals surface area (Å²) in [7, 11) is 3.18. The van der Waals surface area contributed by atoms with Crippen molar-refractivity contribution in [1.82, 2.24) is 15.4 Å². The number of methoxy groups -OCH3 is 2. The molecule has 134 valence electrons. The highest BCUT2D eigenvalue weighted by molar-refractivity contribution is 5.77. The van der Waals surface area contributed by atoms with Crippen molar-refractivity contribution in [3.05, 3.63) is 41.7 Å². The molecule has 1 amide bonds. The highest BCUT2D eigenvalue weighted by Crippen LogP contribution is 2.25. The number of ether oxygens (including phenoxy) is 2. The van der Waals surface area contributed by atoms with Gasteiger partial charge in [0.05, 0.1) is 20.3 Å². The van der Waals surface area contributed by atoms with Crippen LogP contribution in [0.15, 0.2) is 34.9 Å². The average Bonchev–Trinajstić information content (AvgIpc) is 3.14. The van der Waals surface area contributed by atoms with Crippen LogP contribution in [0.25, 0.3) is 0 Å². The van der Waals surface area contributed by atoms with Gasteiger partial charge in [-0.3, -0.25) is 4.79 Å². The van der Waals surface area contributed by atoms with E-state index in [4.69, 9.17) is 14.0 Å². The van der Waals surface area contributed by atoms with Gasteiger partial charge < -0.3 is 24.2 Å². The molecule has 1 aromatic carbocycles. The fraction of sp³-hybridized carbons (Fsp3) is 0.444. The zero-order valence-corrected chi connectivity index (χ0v) is 14.5. The predicted octanol–water partition coefficient (Wildman–Crippen LogP) is 1.80. The third-order valence-electron chi connectivity index (χ3n) is 4.40. The highest BCUT2D eigenvalue weighted by Gasteiger charge is 2.27. The molecule has 1 N–H and O–H groups in total. The number of hydrogen-bond donors (Lipinski definition) is 1. The number of piperazine rings is 1. The molecule has 0 spiro atoms. The molecule has 1 atom stereocenters. The molecule has 7 nitrogen and oxygen atoms in total. The van der Waals surface area contributed by atoms with Crippen LogP contribution in [0.2, 0.25) is 0 Å². The minimum atomic E-state index is 0.0245. The van der Waals surface area contributed by atoms with Gasteiger partial charge in [-0.25, -0.2) is 0 Å². The molecule has 1 saturated heterocycles. The zero-order valence-electron chi connectivity index (χ0n) is 14.5. The third-order valence-corrected chi connectivity index (χ3v) is 4.40. The van der Waals surface area contributed by atoms with E-state index in [-0.39, 0.29) is 11.9 Å². The van der Waals surface area contributed by atoms with E-state index in [0.717, 1.165) is 24.4 Å². The van der Waals surface area contributed by atoms with E-state index in [0.29, 0.717) is 31.0 Å². The molecule has 3 rings (SSSR count). The molecule has 0 saturated carbocycles. The maximum absolute atomic E-state index is 12.7. The van der Waals surface area contributed by atoms with Gasteiger partial charge in [-0.1, -0.05) is 12.1 Å². The van der Waals surface area contributed by atoms with Crippen LogP contribution in [0, 0.1) is 0 Å². The van der Waals surface area contributed by atoms with Crippen LogP contribution in [-0.4, -0.2) is 49.8 Å². The second-order valence-electron chi connectivity index (χ2n) is 5.92. The summed E-state index contributed by atoms with van der Waals surface area (Å²) < 4.78 is 15.4. The van der Waals surface area contributed by atoms with Gasteiger partial charge in [0.1, 0.15) is 11.5 Å². The highest BCUT2D eigenvalue weighted by atomic mass is 16.5. The molecular weight excluding hydrogens is 322 g/mol. The van der Waals surface area contributed by atoms with Gasteiger partial charge in [-0.15, -0.1) is 0 Å². The largest absolute Gasteiger partial charge is 0.497 e. The Morgan fingerprint density at radius 3 is 2.80 bits per heavy atom. The Morgan fingerprint density at radius 1 is 1.32 bits per heavy atom. The fourth-order valence-electron chi connectivity index (χ4n) is 3.01. The van der Waals surface area contributed by atoms with E-state index in [2.05, 4.69) is 10.5 Å². The fourth-order valence-corrected chi connectivity index (χ4v) is 3.01. The van der Waals surface area contributed by atoms with E-state index in [9.17, 15) is 4.79 Å². The number of aromatic nitrogens is 1. The molecule has 7 heteroatoms. The summed E-state index contributed by atoms with van der Waals surface area (Å²) in [5, 5.41) is 7.12. The molecule has 2 heterocycles. The molecule has 1 aliphatic rings. The van der Waals surface area contributed by atoms with Gasteiger partial charge in [-0.2, -0.15) is 0 Å². The lowest BCUT2D eigenvalue weighted by Gasteiger charge is -2.36. The normalized spacial score (nSPS) is 17.4. The second-order valence-corrected chi connectivity index (χ2v) is 5.92. The lowest BCUT2D eigenvalue weighted by Crippen LogP contribution is -2.48. The van der Waals surface area contributed by atoms with Crippen molar-refractivity contribution in [3.63, 3.8) is 0 Å². The first-order chi connectivity index (χ1) is 12.2. The van der Waals surface area contributed by atoms with E-state index >= 15 is 0 Å². The van der Waals surface area contributed by atoms with Gasteiger partial charge in [0.2, 0.25) is 5.91 Å². The molecule has 0 radical (unpaired) electrons. The van der Waals surface area contributed by atoms with Gasteiger partial charge in [-0.05, 0) is 22.9 Å². The molecule has 1 aromatic heterocycles. The van der Waals surface area contributed by atoms with E-state index < -0.39 is 0 Å². The van der Waals surface area contributed by atoms with E-state index in [1.807, 2.05) is 29.2 Å². The van der Waals surface area contributed by atoms with Crippen LogP contribution in [0.3, 0.4) is 0 Å². The van der Waals surface area contributed by atoms with Crippen molar-refractivity contribution in [2.75, 3.05) is 33.9 Å². The van der Waals surface area contributed by atoms with Crippen LogP contribution >= 0.6 is 0 Å². The van der Waals surface area contributed by atoms with Crippen LogP contribution < -0.4 is 14.8 Å². The van der Waals surface area contributed by atoms with Crippen molar-refractivity contribution >= 4 is 5.91 Å². The standard InChI is InChI=1S/C18H23N3O4/c1-23-14-5-3-13(4-6-14)16-12-19-9-10-21(16)18(22)8-7-15-11-17(24-2)20-25-15/h3-6,11,16,19H,7-10,12H2,1-2H3/t16-/m0/s1. The zero-order chi connectivity index (χ0) is 17.6. The molecule has 1 aliphatic heterocycles. The smallest absolute Gasteiger partial charge is 0.254 e. The summed E-state index contributed by atoms with van der Waals surface area (Å²) in [5.41, 5.74) is 1.10. The number of amides is 1. The minimum absolute atomic E-state index is 0.0245. The molecule has 25 heavy (non-hydrogen) atoms. The number of nitrogens with zero attached hydrogens (tertiary/aromatic N) is 2. The van der Waals surface area contributed by atoms with Crippen LogP contribution in [0.5, 0.6) is 11.6 Å². The SMILES string of the molecule is COc1ccc([C@@H]2CNCCN2C(=O)CCc2cc(OC)no2)cc1. The number of carbonyl (C=O) groups is 1. The number of rotatable bonds is 6. The molecule has 0 bridgehead atoms. The minimum Gasteiger partial charge on any atom is -0.497 e. The quantitative estimate of drug-likeness (QED) is 0.860. The molecule has 0 aliphatic carbocycles. The number of aryl methyl sites for hydroxylation is 1. The molecule has 1 fully saturated rings. The molecular formula is C18H23N3O4. The summed E-state index contributed by atoms with van der Waals surface area (Å²) in [6.07, 6.45) is 0.888. The topological polar surface area (TPSA) is 76.8 Å². The summed E-state index contributed by atoms with van der Waals surface area (Å²) in [4.78, 5) is 14.7. The van der Waals surface area contributed by atoms with E-state index in [1.54, 1.807) is 13.2 Å². The Hall–Kier alpha value is -2.54. The summed E-state index contributed by atoms with van der Waals surface area (Å²) >= 11 is 0. The Morgan fingerprint density at radius 2 is 2.12 bits per heavy atom. The van der Waals surface area contributed by atoms with Gasteiger partial charge in [0, 0.05) is 38.5 Å². The second kappa shape index (κ2) is 8.02. The van der Waals surface area contributed by atoms with Crippen LogP contribution in [-0.2, 0) is 11.2 Å². The van der Waals surface area contributed by atoms with Crippen molar-refractivity contribution in [1.29, 1.82) is 0 Å². The Labute approximate surface area is 146 Å². The van der Waals surface area contributed by atoms with Crippen LogP contribution in [0.4, 0.5) is 0 Å². The maximum Gasteiger partial charge on any atom is 0.254 e. The van der Waals surface area contributed by atoms with Crippen molar-refractivity contribution in [2.24, 2.45) is 0 Å². The number of nitrogens with one attached hydrogen (secondary N) is 1. The van der Waals surface area contributed by atoms with Crippen molar-refractivity contribution < 1.29 is 18.8 Å². The summed E-state index contributed by atoms with van der Waals surface area (Å²) in [5.74, 6) is 2.00. The first kappa shape index (κ1) is 17.3. The summed E-state index contributed by atoms with van der Waals surface area (Å²) in [6.45, 7) is 2.23. The van der Waals surface area contributed by atoms with Crippen LogP contribution in [0.1, 0.15) is 23.8 Å². The number of hydrogen-bond acceptors (Lipinski definition) is 6. The maximum atomic E-state index is 12.7. The van der Waals surface area contributed by atoms with Gasteiger partial charge in [0.25, 0.3) is 5.88 Å². The Bertz CT molecular complexity index is 699. The Balaban J connectivity index is 1.65. The van der Waals surface area contributed by atoms with Gasteiger partial charge >= 0.3 is 0 Å². The van der Waals surface area contributed by atoms with E-state index in [1.165, 1.54) is 7.11 Å². The van der Waals surface area contributed by atoms with Gasteiger partial charge in [0.15, 0.2) is 0 Å². The Kier molecular flexibility index (Phi) is 5.55. The van der Waals surface area contributed by atoms with Crippen molar-refractivity contribution in [3.8, 4) is 11.6 Å². The lowest BCUT2D eigenvalue weighted by atomic mass is 10.0. The first-order valence-electron chi connectivity index (χ1n) is 8.35. The predicted molar refractivity (Wildman–Crippen MR) is 91.7 cm³/mol.